The van der Waals surface area contributed by atoms with Crippen molar-refractivity contribution >= 4 is 10.1 Å². The van der Waals surface area contributed by atoms with Crippen molar-refractivity contribution in [2.24, 2.45) is 0 Å². The van der Waals surface area contributed by atoms with Crippen LogP contribution < -0.4 is 29.6 Å². The Labute approximate surface area is 106 Å². The molecule has 0 spiro atoms. The monoisotopic (exact) mass is 225 g/mol. The Morgan fingerprint density at radius 3 is 2.21 bits per heavy atom. The number of aryl methyl sites for hydroxylation is 1. The fourth-order valence-electron chi connectivity index (χ4n) is 1.09. The van der Waals surface area contributed by atoms with Crippen LogP contribution in [0.3, 0.4) is 0 Å². The van der Waals surface area contributed by atoms with Gasteiger partial charge in [-0.25, -0.2) is 8.42 Å². The summed E-state index contributed by atoms with van der Waals surface area (Å²) in [5.41, 5.74) is 0. The van der Waals surface area contributed by atoms with Crippen molar-refractivity contribution in [3.63, 3.8) is 0 Å². The first kappa shape index (κ1) is 14.2. The van der Waals surface area contributed by atoms with E-state index < -0.39 is 10.1 Å². The molecule has 1 heterocycles. The molecule has 0 aromatic carbocycles. The summed E-state index contributed by atoms with van der Waals surface area (Å²) in [6.07, 6.45) is 4.97. The smallest absolute Gasteiger partial charge is 0.748 e. The summed E-state index contributed by atoms with van der Waals surface area (Å²) in [7, 11) is -4.02. The summed E-state index contributed by atoms with van der Waals surface area (Å²) < 4.78 is 32.6. The molecule has 0 amide bonds. The van der Waals surface area contributed by atoms with Crippen molar-refractivity contribution in [1.82, 2.24) is 4.57 Å². The summed E-state index contributed by atoms with van der Waals surface area (Å²) in [4.78, 5) is 0. The van der Waals surface area contributed by atoms with E-state index >= 15 is 0 Å². The van der Waals surface area contributed by atoms with E-state index in [1.54, 1.807) is 0 Å². The SMILES string of the molecule is O=S(=O)([O-])CCCCn1cccc1.[Na+]. The molecule has 0 bridgehead atoms. The maximum absolute atomic E-state index is 10.2. The zero-order valence-corrected chi connectivity index (χ0v) is 11.0. The first-order chi connectivity index (χ1) is 6.08. The zero-order valence-electron chi connectivity index (χ0n) is 8.22. The molecule has 0 atom stereocenters. The van der Waals surface area contributed by atoms with Crippen LogP contribution in [-0.2, 0) is 16.7 Å². The first-order valence-electron chi connectivity index (χ1n) is 4.12. The van der Waals surface area contributed by atoms with E-state index in [-0.39, 0.29) is 35.3 Å². The number of hydrogen-bond donors (Lipinski definition) is 0. The Morgan fingerprint density at radius 2 is 1.71 bits per heavy atom. The van der Waals surface area contributed by atoms with Crippen LogP contribution in [-0.4, -0.2) is 23.3 Å². The van der Waals surface area contributed by atoms with Gasteiger partial charge >= 0.3 is 29.6 Å². The maximum Gasteiger partial charge on any atom is 1.00 e. The standard InChI is InChI=1S/C8H13NO3S.Na/c10-13(11,12)8-4-3-7-9-5-1-2-6-9;/h1-2,5-6H,3-4,7-8H2,(H,10,11,12);/q;+1/p-1. The van der Waals surface area contributed by atoms with Crippen LogP contribution in [0.2, 0.25) is 0 Å². The van der Waals surface area contributed by atoms with Crippen LogP contribution in [0, 0.1) is 0 Å². The third-order valence-electron chi connectivity index (χ3n) is 1.73. The fourth-order valence-corrected chi connectivity index (χ4v) is 1.65. The summed E-state index contributed by atoms with van der Waals surface area (Å²) in [5, 5.41) is 0. The fraction of sp³-hybridized carbons (Fsp3) is 0.500. The Hall–Kier alpha value is 0.190. The molecule has 4 nitrogen and oxygen atoms in total. The minimum absolute atomic E-state index is 0. The van der Waals surface area contributed by atoms with Gasteiger partial charge in [-0.05, 0) is 25.0 Å². The third-order valence-corrected chi connectivity index (χ3v) is 2.52. The predicted molar refractivity (Wildman–Crippen MR) is 48.2 cm³/mol. The quantitative estimate of drug-likeness (QED) is 0.325. The zero-order chi connectivity index (χ0) is 9.73. The largest absolute Gasteiger partial charge is 1.00 e. The molecule has 0 saturated heterocycles. The van der Waals surface area contributed by atoms with Crippen molar-refractivity contribution in [2.75, 3.05) is 5.75 Å². The minimum atomic E-state index is -4.02. The molecule has 1 rings (SSSR count). The molecule has 1 aromatic rings. The van der Waals surface area contributed by atoms with Gasteiger partial charge in [0.25, 0.3) is 0 Å². The molecule has 1 aromatic heterocycles. The molecule has 0 saturated carbocycles. The third kappa shape index (κ3) is 6.62. The molecular weight excluding hydrogens is 213 g/mol. The molecule has 0 aliphatic heterocycles. The molecular formula is C8H12NNaO3S. The van der Waals surface area contributed by atoms with E-state index in [0.717, 1.165) is 13.0 Å². The van der Waals surface area contributed by atoms with E-state index in [9.17, 15) is 13.0 Å². The van der Waals surface area contributed by atoms with Crippen LogP contribution in [0.1, 0.15) is 12.8 Å². The number of nitrogens with zero attached hydrogens (tertiary/aromatic N) is 1. The molecule has 14 heavy (non-hydrogen) atoms. The average molecular weight is 225 g/mol. The second kappa shape index (κ2) is 6.63. The van der Waals surface area contributed by atoms with Crippen LogP contribution in [0.15, 0.2) is 24.5 Å². The maximum atomic E-state index is 10.2. The van der Waals surface area contributed by atoms with E-state index in [2.05, 4.69) is 0 Å². The van der Waals surface area contributed by atoms with Gasteiger partial charge in [-0.3, -0.25) is 0 Å². The van der Waals surface area contributed by atoms with Crippen molar-refractivity contribution in [3.8, 4) is 0 Å². The number of aromatic nitrogens is 1. The van der Waals surface area contributed by atoms with E-state index in [0.29, 0.717) is 6.42 Å². The first-order valence-corrected chi connectivity index (χ1v) is 5.70. The van der Waals surface area contributed by atoms with Crippen molar-refractivity contribution in [3.05, 3.63) is 24.5 Å². The second-order valence-corrected chi connectivity index (χ2v) is 4.41. The van der Waals surface area contributed by atoms with E-state index in [4.69, 9.17) is 0 Å². The van der Waals surface area contributed by atoms with Gasteiger partial charge in [-0.15, -0.1) is 0 Å². The van der Waals surface area contributed by atoms with Gasteiger partial charge in [0.05, 0.1) is 10.1 Å². The normalized spacial score (nSPS) is 10.9. The van der Waals surface area contributed by atoms with Crippen LogP contribution in [0.25, 0.3) is 0 Å². The van der Waals surface area contributed by atoms with Gasteiger partial charge in [0.2, 0.25) is 0 Å². The Morgan fingerprint density at radius 1 is 1.14 bits per heavy atom. The Balaban J connectivity index is 0.00000169. The average Bonchev–Trinajstić information content (AvgIpc) is 2.48. The number of rotatable bonds is 5. The van der Waals surface area contributed by atoms with Crippen LogP contribution >= 0.6 is 0 Å². The second-order valence-electron chi connectivity index (χ2n) is 2.89. The molecule has 0 unspecified atom stereocenters. The summed E-state index contributed by atoms with van der Waals surface area (Å²) in [6.45, 7) is 0.766. The van der Waals surface area contributed by atoms with Crippen molar-refractivity contribution in [2.45, 2.75) is 19.4 Å². The van der Waals surface area contributed by atoms with Gasteiger partial charge in [0, 0.05) is 24.7 Å². The van der Waals surface area contributed by atoms with Crippen LogP contribution in [0.5, 0.6) is 0 Å². The minimum Gasteiger partial charge on any atom is -0.748 e. The summed E-state index contributed by atoms with van der Waals surface area (Å²) in [5.74, 6) is -0.256. The van der Waals surface area contributed by atoms with Crippen LogP contribution in [0.4, 0.5) is 0 Å². The molecule has 0 aliphatic carbocycles. The van der Waals surface area contributed by atoms with Crippen molar-refractivity contribution in [1.29, 1.82) is 0 Å². The van der Waals surface area contributed by atoms with Gasteiger partial charge < -0.3 is 9.12 Å². The molecule has 0 fully saturated rings. The van der Waals surface area contributed by atoms with Gasteiger partial charge in [-0.1, -0.05) is 0 Å². The molecule has 0 aliphatic rings. The Kier molecular flexibility index (Phi) is 6.72. The molecule has 74 valence electrons. The predicted octanol–water partition coefficient (Wildman–Crippen LogP) is -2.18. The Bertz CT molecular complexity index is 333. The summed E-state index contributed by atoms with van der Waals surface area (Å²) in [6, 6.07) is 3.81. The van der Waals surface area contributed by atoms with Crippen molar-refractivity contribution < 1.29 is 42.5 Å². The van der Waals surface area contributed by atoms with Gasteiger partial charge in [0.15, 0.2) is 0 Å². The summed E-state index contributed by atoms with van der Waals surface area (Å²) >= 11 is 0. The van der Waals surface area contributed by atoms with E-state index in [1.807, 2.05) is 29.1 Å². The number of hydrogen-bond acceptors (Lipinski definition) is 3. The van der Waals surface area contributed by atoms with E-state index in [1.165, 1.54) is 0 Å². The molecule has 6 heteroatoms. The van der Waals surface area contributed by atoms with Gasteiger partial charge in [-0.2, -0.15) is 0 Å². The topological polar surface area (TPSA) is 62.1 Å². The molecule has 0 radical (unpaired) electrons. The number of unbranched alkanes of at least 4 members (excludes halogenated alkanes) is 1. The van der Waals surface area contributed by atoms with Gasteiger partial charge in [0.1, 0.15) is 0 Å². The molecule has 0 N–H and O–H groups in total.